The summed E-state index contributed by atoms with van der Waals surface area (Å²) in [6, 6.07) is 0. The first-order valence-corrected chi connectivity index (χ1v) is 5.92. The summed E-state index contributed by atoms with van der Waals surface area (Å²) in [5.74, 6) is 0. The molecule has 0 amide bonds. The van der Waals surface area contributed by atoms with Gasteiger partial charge in [-0.3, -0.25) is 4.90 Å². The lowest BCUT2D eigenvalue weighted by Gasteiger charge is -2.38. The van der Waals surface area contributed by atoms with Gasteiger partial charge in [0.1, 0.15) is 0 Å². The van der Waals surface area contributed by atoms with E-state index in [9.17, 15) is 0 Å². The van der Waals surface area contributed by atoms with Crippen LogP contribution in [0.4, 0.5) is 0 Å². The Bertz CT molecular complexity index is 177. The zero-order valence-electron chi connectivity index (χ0n) is 10.1. The number of hydrogen-bond acceptors (Lipinski definition) is 4. The molecule has 1 aliphatic heterocycles. The van der Waals surface area contributed by atoms with Crippen LogP contribution in [0.2, 0.25) is 0 Å². The summed E-state index contributed by atoms with van der Waals surface area (Å²) in [6.07, 6.45) is 1.23. The minimum Gasteiger partial charge on any atom is -0.394 e. The largest absolute Gasteiger partial charge is 0.394 e. The summed E-state index contributed by atoms with van der Waals surface area (Å²) < 4.78 is 0. The van der Waals surface area contributed by atoms with Crippen molar-refractivity contribution in [1.82, 2.24) is 9.80 Å². The molecule has 15 heavy (non-hydrogen) atoms. The predicted octanol–water partition coefficient (Wildman–Crippen LogP) is -0.276. The smallest absolute Gasteiger partial charge is 0.0621 e. The first kappa shape index (κ1) is 12.9. The van der Waals surface area contributed by atoms with Crippen molar-refractivity contribution < 1.29 is 5.11 Å². The Hall–Kier alpha value is -0.160. The van der Waals surface area contributed by atoms with Gasteiger partial charge in [0.05, 0.1) is 6.61 Å². The molecule has 3 N–H and O–H groups in total. The number of aliphatic hydroxyl groups excluding tert-OH is 1. The highest BCUT2D eigenvalue weighted by atomic mass is 16.3. The summed E-state index contributed by atoms with van der Waals surface area (Å²) in [7, 11) is 0. The molecular weight excluding hydrogens is 190 g/mol. The number of piperazine rings is 1. The number of nitrogens with two attached hydrogens (primary N) is 1. The molecule has 1 aliphatic rings. The summed E-state index contributed by atoms with van der Waals surface area (Å²) in [5, 5.41) is 9.10. The molecule has 0 aromatic rings. The lowest BCUT2D eigenvalue weighted by Crippen LogP contribution is -2.55. The first-order valence-electron chi connectivity index (χ1n) is 5.92. The molecule has 1 atom stereocenters. The fourth-order valence-corrected chi connectivity index (χ4v) is 2.05. The van der Waals surface area contributed by atoms with E-state index in [2.05, 4.69) is 16.7 Å². The maximum absolute atomic E-state index is 9.10. The second-order valence-electron chi connectivity index (χ2n) is 4.93. The van der Waals surface area contributed by atoms with E-state index >= 15 is 0 Å². The van der Waals surface area contributed by atoms with Gasteiger partial charge in [-0.2, -0.15) is 0 Å². The van der Waals surface area contributed by atoms with E-state index in [0.29, 0.717) is 0 Å². The topological polar surface area (TPSA) is 52.7 Å². The molecule has 1 heterocycles. The normalized spacial score (nSPS) is 24.0. The molecular formula is C11H25N3O. The molecule has 1 rings (SSSR count). The predicted molar refractivity (Wildman–Crippen MR) is 62.8 cm³/mol. The summed E-state index contributed by atoms with van der Waals surface area (Å²) >= 11 is 0. The van der Waals surface area contributed by atoms with E-state index in [4.69, 9.17) is 10.8 Å². The molecule has 1 unspecified atom stereocenters. The van der Waals surface area contributed by atoms with Crippen LogP contribution in [-0.2, 0) is 0 Å². The number of nitrogens with zero attached hydrogens (tertiary/aromatic N) is 2. The standard InChI is InChI=1S/C11H25N3O/c1-3-4-13-5-7-14(8-6-13)9-11(2,12)10-15/h15H,3-10,12H2,1-2H3. The van der Waals surface area contributed by atoms with E-state index in [0.717, 1.165) is 32.7 Å². The molecule has 90 valence electrons. The molecule has 1 fully saturated rings. The highest BCUT2D eigenvalue weighted by molar-refractivity contribution is 4.84. The van der Waals surface area contributed by atoms with E-state index in [1.54, 1.807) is 0 Å². The van der Waals surface area contributed by atoms with Crippen molar-refractivity contribution in [2.75, 3.05) is 45.9 Å². The van der Waals surface area contributed by atoms with Gasteiger partial charge in [-0.15, -0.1) is 0 Å². The van der Waals surface area contributed by atoms with Crippen LogP contribution in [0.25, 0.3) is 0 Å². The van der Waals surface area contributed by atoms with Gasteiger partial charge in [0.15, 0.2) is 0 Å². The zero-order chi connectivity index (χ0) is 11.3. The van der Waals surface area contributed by atoms with Gasteiger partial charge < -0.3 is 15.7 Å². The van der Waals surface area contributed by atoms with E-state index in [1.807, 2.05) is 6.92 Å². The van der Waals surface area contributed by atoms with Gasteiger partial charge >= 0.3 is 0 Å². The van der Waals surface area contributed by atoms with E-state index in [1.165, 1.54) is 13.0 Å². The van der Waals surface area contributed by atoms with Gasteiger partial charge in [0, 0.05) is 38.3 Å². The van der Waals surface area contributed by atoms with Crippen molar-refractivity contribution in [2.45, 2.75) is 25.8 Å². The van der Waals surface area contributed by atoms with Crippen LogP contribution in [0, 0.1) is 0 Å². The minimum absolute atomic E-state index is 0.0577. The van der Waals surface area contributed by atoms with Gasteiger partial charge in [0.2, 0.25) is 0 Å². The average Bonchev–Trinajstić information content (AvgIpc) is 2.21. The number of aliphatic hydroxyl groups is 1. The second-order valence-corrected chi connectivity index (χ2v) is 4.93. The fourth-order valence-electron chi connectivity index (χ4n) is 2.05. The van der Waals surface area contributed by atoms with Gasteiger partial charge in [0.25, 0.3) is 0 Å². The van der Waals surface area contributed by atoms with E-state index in [-0.39, 0.29) is 6.61 Å². The molecule has 0 bridgehead atoms. The van der Waals surface area contributed by atoms with Crippen molar-refractivity contribution in [2.24, 2.45) is 5.73 Å². The monoisotopic (exact) mass is 215 g/mol. The maximum Gasteiger partial charge on any atom is 0.0621 e. The minimum atomic E-state index is -0.451. The third-order valence-electron chi connectivity index (χ3n) is 2.95. The zero-order valence-corrected chi connectivity index (χ0v) is 10.1. The Labute approximate surface area is 93.0 Å². The Balaban J connectivity index is 2.25. The van der Waals surface area contributed by atoms with E-state index < -0.39 is 5.54 Å². The SMILES string of the molecule is CCCN1CCN(CC(C)(N)CO)CC1. The van der Waals surface area contributed by atoms with Crippen molar-refractivity contribution in [3.8, 4) is 0 Å². The average molecular weight is 215 g/mol. The Morgan fingerprint density at radius 1 is 1.20 bits per heavy atom. The van der Waals surface area contributed by atoms with Crippen LogP contribution in [0.1, 0.15) is 20.3 Å². The third kappa shape index (κ3) is 4.47. The van der Waals surface area contributed by atoms with Gasteiger partial charge in [-0.25, -0.2) is 0 Å². The summed E-state index contributed by atoms with van der Waals surface area (Å²) in [5.41, 5.74) is 5.48. The van der Waals surface area contributed by atoms with Crippen molar-refractivity contribution in [3.05, 3.63) is 0 Å². The van der Waals surface area contributed by atoms with Crippen molar-refractivity contribution in [1.29, 1.82) is 0 Å². The van der Waals surface area contributed by atoms with Crippen LogP contribution >= 0.6 is 0 Å². The van der Waals surface area contributed by atoms with Crippen molar-refractivity contribution >= 4 is 0 Å². The number of rotatable bonds is 5. The van der Waals surface area contributed by atoms with Crippen LogP contribution in [0.5, 0.6) is 0 Å². The third-order valence-corrected chi connectivity index (χ3v) is 2.95. The van der Waals surface area contributed by atoms with Crippen molar-refractivity contribution in [3.63, 3.8) is 0 Å². The maximum atomic E-state index is 9.10. The first-order chi connectivity index (χ1) is 7.07. The number of hydrogen-bond donors (Lipinski definition) is 2. The van der Waals surface area contributed by atoms with Crippen LogP contribution < -0.4 is 5.73 Å². The summed E-state index contributed by atoms with van der Waals surface area (Å²) in [6.45, 7) is 10.6. The van der Waals surface area contributed by atoms with Gasteiger partial charge in [-0.05, 0) is 19.9 Å². The second kappa shape index (κ2) is 5.80. The Morgan fingerprint density at radius 2 is 1.73 bits per heavy atom. The molecule has 1 saturated heterocycles. The quantitative estimate of drug-likeness (QED) is 0.662. The molecule has 0 aromatic carbocycles. The highest BCUT2D eigenvalue weighted by Gasteiger charge is 2.24. The van der Waals surface area contributed by atoms with Crippen LogP contribution in [0.3, 0.4) is 0 Å². The Kier molecular flexibility index (Phi) is 4.99. The van der Waals surface area contributed by atoms with Crippen LogP contribution in [0.15, 0.2) is 0 Å². The molecule has 4 nitrogen and oxygen atoms in total. The Morgan fingerprint density at radius 3 is 2.20 bits per heavy atom. The summed E-state index contributed by atoms with van der Waals surface area (Å²) in [4.78, 5) is 4.84. The molecule has 0 aromatic heterocycles. The lowest BCUT2D eigenvalue weighted by molar-refractivity contribution is 0.0935. The highest BCUT2D eigenvalue weighted by Crippen LogP contribution is 2.07. The van der Waals surface area contributed by atoms with Crippen LogP contribution in [-0.4, -0.2) is 66.3 Å². The lowest BCUT2D eigenvalue weighted by atomic mass is 10.0. The molecule has 0 radical (unpaired) electrons. The fraction of sp³-hybridized carbons (Fsp3) is 1.00. The molecule has 0 saturated carbocycles. The molecule has 0 aliphatic carbocycles. The molecule has 0 spiro atoms. The molecule has 4 heteroatoms. The van der Waals surface area contributed by atoms with Gasteiger partial charge in [-0.1, -0.05) is 6.92 Å².